The van der Waals surface area contributed by atoms with Gasteiger partial charge >= 0.3 is 18.1 Å². The van der Waals surface area contributed by atoms with Gasteiger partial charge in [-0.3, -0.25) is 9.48 Å². The number of likely N-dealkylation sites (tertiary alicyclic amines) is 1. The first-order chi connectivity index (χ1) is 11.6. The van der Waals surface area contributed by atoms with Crippen LogP contribution in [0, 0.1) is 5.92 Å². The van der Waals surface area contributed by atoms with Crippen molar-refractivity contribution in [3.8, 4) is 0 Å². The quantitative estimate of drug-likeness (QED) is 0.613. The van der Waals surface area contributed by atoms with Crippen LogP contribution >= 0.6 is 0 Å². The summed E-state index contributed by atoms with van der Waals surface area (Å²) in [7, 11) is 0. The number of esters is 1. The van der Waals surface area contributed by atoms with E-state index in [0.29, 0.717) is 6.42 Å². The number of hydrogen-bond acceptors (Lipinski definition) is 4. The Morgan fingerprint density at radius 2 is 2.04 bits per heavy atom. The van der Waals surface area contributed by atoms with Crippen molar-refractivity contribution >= 4 is 11.9 Å². The number of halogens is 3. The van der Waals surface area contributed by atoms with Crippen LogP contribution in [0.4, 0.5) is 13.2 Å². The van der Waals surface area contributed by atoms with Crippen molar-refractivity contribution in [2.24, 2.45) is 5.92 Å². The molecule has 6 nitrogen and oxygen atoms in total. The maximum absolute atomic E-state index is 12.4. The van der Waals surface area contributed by atoms with Crippen molar-refractivity contribution in [1.82, 2.24) is 14.7 Å². The molecule has 1 fully saturated rings. The number of alkyl halides is 3. The molecule has 1 saturated heterocycles. The first kappa shape index (κ1) is 19.3. The van der Waals surface area contributed by atoms with Crippen LogP contribution in [0.25, 0.3) is 0 Å². The molecule has 140 valence electrons. The summed E-state index contributed by atoms with van der Waals surface area (Å²) in [5, 5.41) is 4.23. The molecule has 1 aromatic heterocycles. The minimum Gasteiger partial charge on any atom is -0.449 e. The third kappa shape index (κ3) is 4.73. The summed E-state index contributed by atoms with van der Waals surface area (Å²) in [5.74, 6) is -2.38. The second-order valence-electron chi connectivity index (χ2n) is 6.64. The second kappa shape index (κ2) is 7.45. The molecule has 9 heteroatoms. The molecule has 1 aromatic rings. The van der Waals surface area contributed by atoms with E-state index in [2.05, 4.69) is 9.84 Å². The van der Waals surface area contributed by atoms with Gasteiger partial charge in [0.1, 0.15) is 0 Å². The van der Waals surface area contributed by atoms with Gasteiger partial charge in [0.15, 0.2) is 6.61 Å². The van der Waals surface area contributed by atoms with Gasteiger partial charge in [0.2, 0.25) is 0 Å². The number of carbonyl (C=O) groups is 2. The van der Waals surface area contributed by atoms with Crippen LogP contribution in [0.15, 0.2) is 12.3 Å². The summed E-state index contributed by atoms with van der Waals surface area (Å²) in [5.41, 5.74) is 0.763. The van der Waals surface area contributed by atoms with Gasteiger partial charge in [-0.05, 0) is 38.7 Å². The maximum atomic E-state index is 12.4. The molecule has 2 heterocycles. The molecule has 0 N–H and O–H groups in total. The summed E-state index contributed by atoms with van der Waals surface area (Å²) in [4.78, 5) is 25.5. The zero-order chi connectivity index (χ0) is 18.8. The smallest absolute Gasteiger partial charge is 0.422 e. The zero-order valence-electron chi connectivity index (χ0n) is 14.4. The molecule has 1 aliphatic heterocycles. The molecule has 0 spiro atoms. The lowest BCUT2D eigenvalue weighted by Crippen LogP contribution is -2.46. The van der Waals surface area contributed by atoms with Gasteiger partial charge in [-0.25, -0.2) is 4.79 Å². The van der Waals surface area contributed by atoms with Gasteiger partial charge < -0.3 is 9.64 Å². The van der Waals surface area contributed by atoms with Crippen LogP contribution in [0.2, 0.25) is 0 Å². The van der Waals surface area contributed by atoms with Crippen LogP contribution in [0.5, 0.6) is 0 Å². The minimum atomic E-state index is -4.67. The van der Waals surface area contributed by atoms with E-state index >= 15 is 0 Å². The van der Waals surface area contributed by atoms with Gasteiger partial charge in [-0.15, -0.1) is 0 Å². The molecular weight excluding hydrogens is 339 g/mol. The summed E-state index contributed by atoms with van der Waals surface area (Å²) < 4.78 is 42.5. The van der Waals surface area contributed by atoms with E-state index in [1.165, 1.54) is 4.90 Å². The summed E-state index contributed by atoms with van der Waals surface area (Å²) in [6.07, 6.45) is -1.61. The van der Waals surface area contributed by atoms with Crippen LogP contribution < -0.4 is 0 Å². The molecule has 0 saturated carbocycles. The lowest BCUT2D eigenvalue weighted by Gasteiger charge is -2.38. The van der Waals surface area contributed by atoms with E-state index in [0.717, 1.165) is 12.1 Å². The Morgan fingerprint density at radius 1 is 1.36 bits per heavy atom. The highest BCUT2D eigenvalue weighted by Crippen LogP contribution is 2.34. The van der Waals surface area contributed by atoms with E-state index < -0.39 is 30.7 Å². The highest BCUT2D eigenvalue weighted by Gasteiger charge is 2.38. The average Bonchev–Trinajstić information content (AvgIpc) is 3.00. The third-order valence-electron chi connectivity index (χ3n) is 4.15. The molecule has 25 heavy (non-hydrogen) atoms. The highest BCUT2D eigenvalue weighted by molar-refractivity contribution is 6.32. The normalized spacial score (nSPS) is 21.5. The molecule has 1 aliphatic rings. The molecule has 0 aliphatic carbocycles. The van der Waals surface area contributed by atoms with E-state index in [9.17, 15) is 22.8 Å². The number of hydrogen-bond donors (Lipinski definition) is 0. The van der Waals surface area contributed by atoms with Crippen molar-refractivity contribution in [3.05, 3.63) is 18.0 Å². The van der Waals surface area contributed by atoms with Gasteiger partial charge in [0, 0.05) is 18.8 Å². The number of nitrogens with zero attached hydrogens (tertiary/aromatic N) is 3. The van der Waals surface area contributed by atoms with Gasteiger partial charge in [-0.2, -0.15) is 18.3 Å². The Hall–Kier alpha value is -2.06. The molecule has 1 amide bonds. The topological polar surface area (TPSA) is 64.4 Å². The monoisotopic (exact) mass is 361 g/mol. The predicted octanol–water partition coefficient (Wildman–Crippen LogP) is 2.87. The number of ether oxygens (including phenoxy) is 1. The molecule has 2 rings (SSSR count). The Morgan fingerprint density at radius 3 is 2.64 bits per heavy atom. The number of amides is 1. The SMILES string of the molecule is CC1CCC(c2ccnn2C(C)C)N(C(=O)C(=O)OCC(F)(F)F)C1. The van der Waals surface area contributed by atoms with Gasteiger partial charge in [-0.1, -0.05) is 6.92 Å². The molecule has 0 bridgehead atoms. The molecule has 0 aromatic carbocycles. The zero-order valence-corrected chi connectivity index (χ0v) is 14.4. The van der Waals surface area contributed by atoms with Crippen molar-refractivity contribution in [1.29, 1.82) is 0 Å². The van der Waals surface area contributed by atoms with Crippen LogP contribution in [-0.4, -0.2) is 45.9 Å². The lowest BCUT2D eigenvalue weighted by atomic mass is 9.92. The van der Waals surface area contributed by atoms with Gasteiger partial charge in [0.25, 0.3) is 0 Å². The number of rotatable bonds is 3. The van der Waals surface area contributed by atoms with E-state index in [4.69, 9.17) is 0 Å². The predicted molar refractivity (Wildman–Crippen MR) is 82.5 cm³/mol. The Bertz CT molecular complexity index is 628. The summed E-state index contributed by atoms with van der Waals surface area (Å²) >= 11 is 0. The number of aromatic nitrogens is 2. The van der Waals surface area contributed by atoms with Crippen molar-refractivity contribution in [2.45, 2.75) is 51.9 Å². The average molecular weight is 361 g/mol. The van der Waals surface area contributed by atoms with Crippen LogP contribution in [-0.2, 0) is 14.3 Å². The van der Waals surface area contributed by atoms with Crippen LogP contribution in [0.3, 0.4) is 0 Å². The van der Waals surface area contributed by atoms with E-state index in [-0.39, 0.29) is 18.5 Å². The highest BCUT2D eigenvalue weighted by atomic mass is 19.4. The van der Waals surface area contributed by atoms with Crippen molar-refractivity contribution in [3.63, 3.8) is 0 Å². The molecule has 0 radical (unpaired) electrons. The van der Waals surface area contributed by atoms with Crippen LogP contribution in [0.1, 0.15) is 51.4 Å². The maximum Gasteiger partial charge on any atom is 0.422 e. The second-order valence-corrected chi connectivity index (χ2v) is 6.64. The summed E-state index contributed by atoms with van der Waals surface area (Å²) in [6, 6.07) is 1.41. The fourth-order valence-corrected chi connectivity index (χ4v) is 3.03. The van der Waals surface area contributed by atoms with E-state index in [1.807, 2.05) is 20.8 Å². The first-order valence-corrected chi connectivity index (χ1v) is 8.18. The third-order valence-corrected chi connectivity index (χ3v) is 4.15. The largest absolute Gasteiger partial charge is 0.449 e. The standard InChI is InChI=1S/C16H22F3N3O3/c1-10(2)22-13(6-7-20-22)12-5-4-11(3)8-21(12)14(23)15(24)25-9-16(17,18)19/h6-7,10-12H,4-5,8-9H2,1-3H3. The number of piperidine rings is 1. The summed E-state index contributed by atoms with van der Waals surface area (Å²) in [6.45, 7) is 4.32. The lowest BCUT2D eigenvalue weighted by molar-refractivity contribution is -0.190. The number of carbonyl (C=O) groups excluding carboxylic acids is 2. The van der Waals surface area contributed by atoms with Crippen molar-refractivity contribution < 1.29 is 27.5 Å². The Kier molecular flexibility index (Phi) is 5.74. The Labute approximate surface area is 143 Å². The minimum absolute atomic E-state index is 0.0542. The molecule has 2 unspecified atom stereocenters. The Balaban J connectivity index is 2.20. The fourth-order valence-electron chi connectivity index (χ4n) is 3.03. The van der Waals surface area contributed by atoms with Crippen molar-refractivity contribution in [2.75, 3.05) is 13.2 Å². The fraction of sp³-hybridized carbons (Fsp3) is 0.688. The molecule has 2 atom stereocenters. The van der Waals surface area contributed by atoms with E-state index in [1.54, 1.807) is 16.9 Å². The first-order valence-electron chi connectivity index (χ1n) is 8.18. The molecular formula is C16H22F3N3O3. The van der Waals surface area contributed by atoms with Gasteiger partial charge in [0.05, 0.1) is 11.7 Å².